The number of imidazole rings is 1. The van der Waals surface area contributed by atoms with Crippen LogP contribution in [0.15, 0.2) is 42.9 Å². The van der Waals surface area contributed by atoms with Crippen LogP contribution >= 0.6 is 0 Å². The van der Waals surface area contributed by atoms with Gasteiger partial charge in [0.25, 0.3) is 0 Å². The maximum atomic E-state index is 12.9. The number of carbonyl (C=O) groups is 6. The lowest BCUT2D eigenvalue weighted by atomic mass is 10.0. The molecule has 15 heteroatoms. The number of benzene rings is 1. The van der Waals surface area contributed by atoms with Crippen molar-refractivity contribution >= 4 is 35.7 Å². The number of H-pyrrole nitrogens is 1. The van der Waals surface area contributed by atoms with Gasteiger partial charge < -0.3 is 41.4 Å². The van der Waals surface area contributed by atoms with Crippen molar-refractivity contribution in [3.05, 3.63) is 54.1 Å². The van der Waals surface area contributed by atoms with Crippen molar-refractivity contribution in [3.8, 4) is 0 Å². The maximum Gasteiger partial charge on any atom is 0.407 e. The van der Waals surface area contributed by atoms with Gasteiger partial charge in [0.15, 0.2) is 0 Å². The molecule has 42 heavy (non-hydrogen) atoms. The minimum Gasteiger partial charge on any atom is -0.480 e. The van der Waals surface area contributed by atoms with E-state index in [0.717, 1.165) is 5.56 Å². The fourth-order valence-electron chi connectivity index (χ4n) is 3.61. The van der Waals surface area contributed by atoms with Crippen LogP contribution in [0, 0.1) is 5.92 Å². The average molecular weight is 588 g/mol. The fraction of sp³-hybridized carbons (Fsp3) is 0.444. The van der Waals surface area contributed by atoms with Gasteiger partial charge in [0.1, 0.15) is 31.3 Å². The molecule has 0 saturated heterocycles. The van der Waals surface area contributed by atoms with Crippen LogP contribution in [0.4, 0.5) is 4.79 Å². The number of hydrogen-bond acceptors (Lipinski definition) is 8. The zero-order chi connectivity index (χ0) is 31.1. The number of aromatic nitrogens is 2. The Bertz CT molecular complexity index is 1200. The molecule has 7 N–H and O–H groups in total. The summed E-state index contributed by atoms with van der Waals surface area (Å²) in [7, 11) is 0. The Labute approximate surface area is 242 Å². The number of aromatic amines is 1. The first-order valence-corrected chi connectivity index (χ1v) is 13.3. The molecule has 0 aliphatic rings. The largest absolute Gasteiger partial charge is 0.480 e. The molecule has 1 aromatic heterocycles. The van der Waals surface area contributed by atoms with E-state index in [0.29, 0.717) is 5.69 Å². The van der Waals surface area contributed by atoms with Crippen molar-refractivity contribution in [2.45, 2.75) is 58.3 Å². The van der Waals surface area contributed by atoms with Crippen LogP contribution in [0.5, 0.6) is 0 Å². The van der Waals surface area contributed by atoms with Gasteiger partial charge in [-0.25, -0.2) is 14.6 Å². The first-order valence-electron chi connectivity index (χ1n) is 13.3. The summed E-state index contributed by atoms with van der Waals surface area (Å²) >= 11 is 0. The monoisotopic (exact) mass is 587 g/mol. The second-order valence-electron chi connectivity index (χ2n) is 9.85. The Balaban J connectivity index is 1.82. The molecule has 0 bridgehead atoms. The summed E-state index contributed by atoms with van der Waals surface area (Å²) in [5.41, 5.74) is 1.29. The normalized spacial score (nSPS) is 12.8. The number of hydrogen-bond donors (Lipinski definition) is 7. The molecule has 1 aromatic carbocycles. The van der Waals surface area contributed by atoms with E-state index >= 15 is 0 Å². The van der Waals surface area contributed by atoms with E-state index in [9.17, 15) is 33.9 Å². The highest BCUT2D eigenvalue weighted by Gasteiger charge is 2.29. The third-order valence-electron chi connectivity index (χ3n) is 5.76. The van der Waals surface area contributed by atoms with Crippen LogP contribution in [0.25, 0.3) is 0 Å². The molecule has 228 valence electrons. The van der Waals surface area contributed by atoms with Crippen molar-refractivity contribution in [3.63, 3.8) is 0 Å². The SMILES string of the molecule is CC(C)C[C@H](NC(=O)[C@H](Cc1cnc[nH]1)NC(=O)[C@H](C)NC(=O)CNC(=O)CNC(=O)OCc1ccccc1)C(=O)O. The van der Waals surface area contributed by atoms with Crippen LogP contribution in [0.3, 0.4) is 0 Å². The maximum absolute atomic E-state index is 12.9. The smallest absolute Gasteiger partial charge is 0.407 e. The zero-order valence-corrected chi connectivity index (χ0v) is 23.6. The molecule has 0 spiro atoms. The summed E-state index contributed by atoms with van der Waals surface area (Å²) in [4.78, 5) is 80.1. The van der Waals surface area contributed by atoms with E-state index in [4.69, 9.17) is 4.74 Å². The van der Waals surface area contributed by atoms with Crippen LogP contribution in [0.1, 0.15) is 38.4 Å². The Kier molecular flexibility index (Phi) is 13.5. The van der Waals surface area contributed by atoms with Crippen molar-refractivity contribution < 1.29 is 38.6 Å². The second-order valence-corrected chi connectivity index (χ2v) is 9.85. The summed E-state index contributed by atoms with van der Waals surface area (Å²) in [6.07, 6.45) is 2.22. The Morgan fingerprint density at radius 1 is 0.881 bits per heavy atom. The number of aliphatic carboxylic acids is 1. The van der Waals surface area contributed by atoms with Gasteiger partial charge >= 0.3 is 12.1 Å². The predicted octanol–water partition coefficient (Wildman–Crippen LogP) is -0.400. The second kappa shape index (κ2) is 17.0. The molecule has 0 aliphatic carbocycles. The molecule has 0 aliphatic heterocycles. The summed E-state index contributed by atoms with van der Waals surface area (Å²) in [6, 6.07) is 5.53. The highest BCUT2D eigenvalue weighted by molar-refractivity contribution is 5.94. The van der Waals surface area contributed by atoms with Gasteiger partial charge in [-0.1, -0.05) is 44.2 Å². The molecule has 0 fully saturated rings. The molecule has 0 unspecified atom stereocenters. The zero-order valence-electron chi connectivity index (χ0n) is 23.6. The molecule has 0 saturated carbocycles. The molecular weight excluding hydrogens is 550 g/mol. The minimum absolute atomic E-state index is 0.00739. The molecule has 0 radical (unpaired) electrons. The van der Waals surface area contributed by atoms with Gasteiger partial charge in [-0.3, -0.25) is 19.2 Å². The fourth-order valence-corrected chi connectivity index (χ4v) is 3.61. The summed E-state index contributed by atoms with van der Waals surface area (Å²) in [6.45, 7) is 4.12. The van der Waals surface area contributed by atoms with E-state index < -0.39 is 66.9 Å². The van der Waals surface area contributed by atoms with E-state index in [1.54, 1.807) is 24.3 Å². The van der Waals surface area contributed by atoms with Gasteiger partial charge in [0, 0.05) is 18.3 Å². The van der Waals surface area contributed by atoms with Crippen molar-refractivity contribution in [1.82, 2.24) is 36.6 Å². The lowest BCUT2D eigenvalue weighted by molar-refractivity contribution is -0.142. The molecule has 3 atom stereocenters. The van der Waals surface area contributed by atoms with Gasteiger partial charge in [-0.05, 0) is 24.8 Å². The molecule has 15 nitrogen and oxygen atoms in total. The van der Waals surface area contributed by atoms with E-state index in [-0.39, 0.29) is 25.4 Å². The number of carboxylic acids is 1. The van der Waals surface area contributed by atoms with Crippen LogP contribution in [0.2, 0.25) is 0 Å². The Hall–Kier alpha value is -4.95. The highest BCUT2D eigenvalue weighted by Crippen LogP contribution is 2.07. The topological polar surface area (TPSA) is 221 Å². The molecule has 5 amide bonds. The van der Waals surface area contributed by atoms with Gasteiger partial charge in [0.2, 0.25) is 23.6 Å². The number of carbonyl (C=O) groups excluding carboxylic acids is 5. The van der Waals surface area contributed by atoms with Crippen molar-refractivity contribution in [2.24, 2.45) is 5.92 Å². The van der Waals surface area contributed by atoms with Crippen LogP contribution in [-0.4, -0.2) is 82.0 Å². The number of ether oxygens (including phenoxy) is 1. The van der Waals surface area contributed by atoms with E-state index in [2.05, 4.69) is 36.6 Å². The first kappa shape index (κ1) is 33.3. The van der Waals surface area contributed by atoms with E-state index in [1.165, 1.54) is 19.4 Å². The van der Waals surface area contributed by atoms with Gasteiger partial charge in [0.05, 0.1) is 12.9 Å². The Morgan fingerprint density at radius 2 is 1.55 bits per heavy atom. The van der Waals surface area contributed by atoms with Gasteiger partial charge in [-0.15, -0.1) is 0 Å². The van der Waals surface area contributed by atoms with Crippen LogP contribution in [-0.2, 0) is 41.7 Å². The van der Waals surface area contributed by atoms with Crippen molar-refractivity contribution in [1.29, 1.82) is 0 Å². The third-order valence-corrected chi connectivity index (χ3v) is 5.76. The lowest BCUT2D eigenvalue weighted by Crippen LogP contribution is -2.56. The van der Waals surface area contributed by atoms with E-state index in [1.807, 2.05) is 19.9 Å². The van der Waals surface area contributed by atoms with Crippen molar-refractivity contribution in [2.75, 3.05) is 13.1 Å². The number of alkyl carbamates (subject to hydrolysis) is 1. The summed E-state index contributed by atoms with van der Waals surface area (Å²) < 4.78 is 5.00. The molecular formula is C27H37N7O8. The van der Waals surface area contributed by atoms with Gasteiger partial charge in [-0.2, -0.15) is 0 Å². The predicted molar refractivity (Wildman–Crippen MR) is 148 cm³/mol. The first-order chi connectivity index (χ1) is 19.9. The van der Waals surface area contributed by atoms with Crippen LogP contribution < -0.4 is 26.6 Å². The minimum atomic E-state index is -1.20. The third kappa shape index (κ3) is 12.5. The summed E-state index contributed by atoms with van der Waals surface area (Å²) in [5.74, 6) is -4.00. The number of carboxylic acid groups (broad SMARTS) is 1. The lowest BCUT2D eigenvalue weighted by Gasteiger charge is -2.23. The standard InChI is InChI=1S/C27H37N7O8/c1-16(2)9-21(26(39)40)34-25(38)20(10-19-11-28-15-31-19)33-24(37)17(3)32-23(36)13-29-22(35)12-30-27(41)42-14-18-7-5-4-6-8-18/h4-8,11,15-17,20-21H,9-10,12-14H2,1-3H3,(H,28,31)(H,29,35)(H,30,41)(H,32,36)(H,33,37)(H,34,38)(H,39,40)/t17-,20-,21-/m0/s1. The number of nitrogens with zero attached hydrogens (tertiary/aromatic N) is 1. The number of nitrogens with one attached hydrogen (secondary N) is 6. The molecule has 2 aromatic rings. The molecule has 1 heterocycles. The highest BCUT2D eigenvalue weighted by atomic mass is 16.5. The summed E-state index contributed by atoms with van der Waals surface area (Å²) in [5, 5.41) is 21.4. The number of rotatable bonds is 16. The quantitative estimate of drug-likeness (QED) is 0.136. The number of amides is 5. The average Bonchev–Trinajstić information content (AvgIpc) is 3.46. The molecule has 2 rings (SSSR count). The Morgan fingerprint density at radius 3 is 2.17 bits per heavy atom.